The number of carbonyl (C=O) groups is 1. The number of rotatable bonds is 4. The van der Waals surface area contributed by atoms with Crippen LogP contribution in [0.4, 0.5) is 0 Å². The molecule has 1 saturated heterocycles. The quantitative estimate of drug-likeness (QED) is 0.780. The number of Topliss-reactive ketones (excluding diaryl/α,β-unsaturated/α-hetero) is 1. The maximum Gasteiger partial charge on any atom is 0.179 e. The molecule has 19 heavy (non-hydrogen) atoms. The van der Waals surface area contributed by atoms with Gasteiger partial charge in [-0.1, -0.05) is 6.92 Å². The van der Waals surface area contributed by atoms with Gasteiger partial charge in [0.2, 0.25) is 0 Å². The van der Waals surface area contributed by atoms with E-state index in [1.165, 1.54) is 6.42 Å². The number of hydrogen-bond acceptors (Lipinski definition) is 3. The van der Waals surface area contributed by atoms with Gasteiger partial charge >= 0.3 is 0 Å². The Bertz CT molecular complexity index is 441. The molecule has 1 aromatic carbocycles. The molecule has 0 amide bonds. The van der Waals surface area contributed by atoms with Gasteiger partial charge in [0, 0.05) is 18.2 Å². The Morgan fingerprint density at radius 2 is 1.95 bits per heavy atom. The summed E-state index contributed by atoms with van der Waals surface area (Å²) >= 11 is 0. The number of ketones is 1. The first-order valence-electron chi connectivity index (χ1n) is 6.97. The van der Waals surface area contributed by atoms with Gasteiger partial charge in [-0.2, -0.15) is 0 Å². The minimum atomic E-state index is -0.0478. The standard InChI is InChI=1S/C16H23NO2/c1-11-9-12(2)17(10-11)13(3)16(18)14-5-7-15(19-4)8-6-14/h5-8,11-13H,9-10H2,1-4H3. The predicted molar refractivity (Wildman–Crippen MR) is 76.7 cm³/mol. The van der Waals surface area contributed by atoms with Crippen molar-refractivity contribution in [3.63, 3.8) is 0 Å². The van der Waals surface area contributed by atoms with E-state index in [-0.39, 0.29) is 11.8 Å². The number of methoxy groups -OCH3 is 1. The van der Waals surface area contributed by atoms with Crippen LogP contribution in [0.25, 0.3) is 0 Å². The molecule has 3 atom stereocenters. The zero-order valence-electron chi connectivity index (χ0n) is 12.2. The molecule has 1 aromatic rings. The molecule has 1 heterocycles. The lowest BCUT2D eigenvalue weighted by Gasteiger charge is -2.27. The summed E-state index contributed by atoms with van der Waals surface area (Å²) < 4.78 is 5.12. The Morgan fingerprint density at radius 3 is 2.42 bits per heavy atom. The van der Waals surface area contributed by atoms with Crippen molar-refractivity contribution in [3.8, 4) is 5.75 Å². The van der Waals surface area contributed by atoms with Crippen LogP contribution in [0.2, 0.25) is 0 Å². The molecule has 1 aliphatic rings. The summed E-state index contributed by atoms with van der Waals surface area (Å²) in [5.41, 5.74) is 0.764. The molecule has 0 aromatic heterocycles. The van der Waals surface area contributed by atoms with Gasteiger partial charge in [-0.25, -0.2) is 0 Å². The number of benzene rings is 1. The number of ether oxygens (including phenoxy) is 1. The summed E-state index contributed by atoms with van der Waals surface area (Å²) in [6.45, 7) is 7.49. The fraction of sp³-hybridized carbons (Fsp3) is 0.562. The molecule has 3 heteroatoms. The lowest BCUT2D eigenvalue weighted by atomic mass is 10.0. The molecule has 3 nitrogen and oxygen atoms in total. The molecule has 1 fully saturated rings. The Hall–Kier alpha value is -1.35. The number of hydrogen-bond donors (Lipinski definition) is 0. The van der Waals surface area contributed by atoms with Crippen molar-refractivity contribution in [1.29, 1.82) is 0 Å². The molecule has 0 spiro atoms. The van der Waals surface area contributed by atoms with Crippen molar-refractivity contribution in [3.05, 3.63) is 29.8 Å². The van der Waals surface area contributed by atoms with Crippen molar-refractivity contribution in [2.75, 3.05) is 13.7 Å². The molecule has 104 valence electrons. The highest BCUT2D eigenvalue weighted by molar-refractivity contribution is 6.00. The first-order chi connectivity index (χ1) is 9.02. The topological polar surface area (TPSA) is 29.5 Å². The third kappa shape index (κ3) is 2.98. The van der Waals surface area contributed by atoms with Crippen LogP contribution in [0.5, 0.6) is 5.75 Å². The number of likely N-dealkylation sites (tertiary alicyclic amines) is 1. The normalized spacial score (nSPS) is 25.3. The first kappa shape index (κ1) is 14.1. The Balaban J connectivity index is 2.10. The van der Waals surface area contributed by atoms with E-state index in [9.17, 15) is 4.79 Å². The molecular weight excluding hydrogens is 238 g/mol. The maximum absolute atomic E-state index is 12.5. The molecular formula is C16H23NO2. The van der Waals surface area contributed by atoms with E-state index in [2.05, 4.69) is 18.7 Å². The molecule has 0 radical (unpaired) electrons. The molecule has 2 rings (SSSR count). The molecule has 0 saturated carbocycles. The minimum absolute atomic E-state index is 0.0478. The van der Waals surface area contributed by atoms with Crippen LogP contribution >= 0.6 is 0 Å². The van der Waals surface area contributed by atoms with E-state index in [4.69, 9.17) is 4.74 Å². The van der Waals surface area contributed by atoms with Crippen molar-refractivity contribution in [2.45, 2.75) is 39.3 Å². The largest absolute Gasteiger partial charge is 0.497 e. The highest BCUT2D eigenvalue weighted by Gasteiger charge is 2.33. The summed E-state index contributed by atoms with van der Waals surface area (Å²) in [6.07, 6.45) is 1.18. The van der Waals surface area contributed by atoms with Gasteiger partial charge in [-0.3, -0.25) is 9.69 Å². The molecule has 1 aliphatic heterocycles. The van der Waals surface area contributed by atoms with Gasteiger partial charge in [0.05, 0.1) is 13.2 Å². The summed E-state index contributed by atoms with van der Waals surface area (Å²) in [7, 11) is 1.63. The summed E-state index contributed by atoms with van der Waals surface area (Å²) in [5.74, 6) is 1.66. The van der Waals surface area contributed by atoms with Gasteiger partial charge in [0.25, 0.3) is 0 Å². The van der Waals surface area contributed by atoms with Crippen LogP contribution in [0, 0.1) is 5.92 Å². The van der Waals surface area contributed by atoms with Crippen LogP contribution in [-0.4, -0.2) is 36.4 Å². The van der Waals surface area contributed by atoms with Crippen molar-refractivity contribution in [1.82, 2.24) is 4.90 Å². The summed E-state index contributed by atoms with van der Waals surface area (Å²) in [5, 5.41) is 0. The summed E-state index contributed by atoms with van der Waals surface area (Å²) in [4.78, 5) is 14.8. The number of nitrogens with zero attached hydrogens (tertiary/aromatic N) is 1. The van der Waals surface area contributed by atoms with Gasteiger partial charge in [0.1, 0.15) is 5.75 Å². The zero-order chi connectivity index (χ0) is 14.0. The molecule has 3 unspecified atom stereocenters. The van der Waals surface area contributed by atoms with E-state index in [0.29, 0.717) is 12.0 Å². The van der Waals surface area contributed by atoms with Gasteiger partial charge in [-0.15, -0.1) is 0 Å². The predicted octanol–water partition coefficient (Wildman–Crippen LogP) is 3.00. The second-order valence-corrected chi connectivity index (χ2v) is 5.66. The SMILES string of the molecule is COc1ccc(C(=O)C(C)N2CC(C)CC2C)cc1. The van der Waals surface area contributed by atoms with Crippen LogP contribution in [0.15, 0.2) is 24.3 Å². The third-order valence-electron chi connectivity index (χ3n) is 4.08. The Kier molecular flexibility index (Phi) is 4.25. The van der Waals surface area contributed by atoms with Gasteiger partial charge < -0.3 is 4.74 Å². The lowest BCUT2D eigenvalue weighted by Crippen LogP contribution is -2.41. The van der Waals surface area contributed by atoms with Crippen LogP contribution in [0.3, 0.4) is 0 Å². The van der Waals surface area contributed by atoms with Crippen LogP contribution in [-0.2, 0) is 0 Å². The Labute approximate surface area is 115 Å². The van der Waals surface area contributed by atoms with Gasteiger partial charge in [-0.05, 0) is 50.5 Å². The summed E-state index contributed by atoms with van der Waals surface area (Å²) in [6, 6.07) is 7.83. The third-order valence-corrected chi connectivity index (χ3v) is 4.08. The zero-order valence-corrected chi connectivity index (χ0v) is 12.2. The van der Waals surface area contributed by atoms with Crippen molar-refractivity contribution in [2.24, 2.45) is 5.92 Å². The first-order valence-corrected chi connectivity index (χ1v) is 6.97. The maximum atomic E-state index is 12.5. The van der Waals surface area contributed by atoms with E-state index < -0.39 is 0 Å². The number of carbonyl (C=O) groups excluding carboxylic acids is 1. The van der Waals surface area contributed by atoms with E-state index >= 15 is 0 Å². The molecule has 0 aliphatic carbocycles. The monoisotopic (exact) mass is 261 g/mol. The van der Waals surface area contributed by atoms with E-state index in [1.807, 2.05) is 31.2 Å². The lowest BCUT2D eigenvalue weighted by molar-refractivity contribution is 0.0826. The van der Waals surface area contributed by atoms with Crippen molar-refractivity contribution < 1.29 is 9.53 Å². The highest BCUT2D eigenvalue weighted by atomic mass is 16.5. The minimum Gasteiger partial charge on any atom is -0.497 e. The van der Waals surface area contributed by atoms with Crippen LogP contribution < -0.4 is 4.74 Å². The van der Waals surface area contributed by atoms with E-state index in [1.54, 1.807) is 7.11 Å². The highest BCUT2D eigenvalue weighted by Crippen LogP contribution is 2.26. The smallest absolute Gasteiger partial charge is 0.179 e. The molecule has 0 bridgehead atoms. The van der Waals surface area contributed by atoms with Gasteiger partial charge in [0.15, 0.2) is 5.78 Å². The fourth-order valence-corrected chi connectivity index (χ4v) is 3.02. The fourth-order valence-electron chi connectivity index (χ4n) is 3.02. The average Bonchev–Trinajstić information content (AvgIpc) is 2.76. The Morgan fingerprint density at radius 1 is 1.32 bits per heavy atom. The second kappa shape index (κ2) is 5.74. The average molecular weight is 261 g/mol. The second-order valence-electron chi connectivity index (χ2n) is 5.66. The van der Waals surface area contributed by atoms with Crippen LogP contribution in [0.1, 0.15) is 37.6 Å². The van der Waals surface area contributed by atoms with E-state index in [0.717, 1.165) is 17.9 Å². The molecule has 0 N–H and O–H groups in total. The van der Waals surface area contributed by atoms with Crippen molar-refractivity contribution >= 4 is 5.78 Å².